The first kappa shape index (κ1) is 21.0. The second-order valence-electron chi connectivity index (χ2n) is 8.95. The maximum absolute atomic E-state index is 10.1. The number of anilines is 1. The molecule has 0 amide bonds. The fraction of sp³-hybridized carbons (Fsp3) is 0.269. The number of nitriles is 1. The average Bonchev–Trinajstić information content (AvgIpc) is 3.30. The van der Waals surface area contributed by atoms with Crippen molar-refractivity contribution in [3.8, 4) is 22.9 Å². The van der Waals surface area contributed by atoms with Crippen molar-refractivity contribution in [3.63, 3.8) is 0 Å². The third-order valence-electron chi connectivity index (χ3n) is 6.97. The monoisotopic (exact) mass is 468 g/mol. The fourth-order valence-electron chi connectivity index (χ4n) is 5.22. The molecule has 34 heavy (non-hydrogen) atoms. The van der Waals surface area contributed by atoms with E-state index in [0.717, 1.165) is 36.6 Å². The third-order valence-corrected chi connectivity index (χ3v) is 7.71. The Morgan fingerprint density at radius 1 is 1.12 bits per heavy atom. The van der Waals surface area contributed by atoms with Crippen molar-refractivity contribution in [1.82, 2.24) is 19.5 Å². The smallest absolute Gasteiger partial charge is 0.134 e. The number of nitrogens with zero attached hydrogens (tertiary/aromatic N) is 6. The van der Waals surface area contributed by atoms with Crippen molar-refractivity contribution in [2.75, 3.05) is 24.2 Å². The minimum atomic E-state index is 0.0958. The number of rotatable bonds is 5. The minimum Gasteiger partial charge on any atom is -0.506 e. The van der Waals surface area contributed by atoms with Gasteiger partial charge in [-0.2, -0.15) is 10.4 Å². The van der Waals surface area contributed by atoms with Crippen LogP contribution in [0.2, 0.25) is 0 Å². The van der Waals surface area contributed by atoms with Gasteiger partial charge < -0.3 is 10.0 Å². The molecule has 7 rings (SSSR count). The zero-order valence-corrected chi connectivity index (χ0v) is 19.6. The lowest BCUT2D eigenvalue weighted by molar-refractivity contribution is -0.00869. The van der Waals surface area contributed by atoms with Crippen LogP contribution in [-0.2, 0) is 6.54 Å². The quantitative estimate of drug-likeness (QED) is 0.441. The van der Waals surface area contributed by atoms with Gasteiger partial charge in [0.2, 0.25) is 0 Å². The zero-order valence-electron chi connectivity index (χ0n) is 18.8. The summed E-state index contributed by atoms with van der Waals surface area (Å²) in [5.41, 5.74) is 4.11. The Morgan fingerprint density at radius 3 is 2.59 bits per heavy atom. The number of thioether (sulfide) groups is 1. The summed E-state index contributed by atoms with van der Waals surface area (Å²) in [4.78, 5) is 11.0. The van der Waals surface area contributed by atoms with E-state index in [1.54, 1.807) is 22.3 Å². The molecule has 2 bridgehead atoms. The van der Waals surface area contributed by atoms with Gasteiger partial charge in [-0.25, -0.2) is 9.50 Å². The maximum atomic E-state index is 10.1. The molecule has 3 aliphatic rings. The average molecular weight is 469 g/mol. The van der Waals surface area contributed by atoms with E-state index in [9.17, 15) is 10.4 Å². The molecule has 1 N–H and O–H groups in total. The van der Waals surface area contributed by atoms with Crippen LogP contribution in [0.4, 0.5) is 5.82 Å². The first-order valence-corrected chi connectivity index (χ1v) is 12.6. The molecule has 0 saturated carbocycles. The molecule has 170 valence electrons. The second kappa shape index (κ2) is 8.35. The van der Waals surface area contributed by atoms with E-state index >= 15 is 0 Å². The Labute approximate surface area is 202 Å². The molecule has 3 aromatic heterocycles. The number of aromatic hydroxyl groups is 1. The van der Waals surface area contributed by atoms with Crippen LogP contribution < -0.4 is 4.90 Å². The summed E-state index contributed by atoms with van der Waals surface area (Å²) in [6.07, 6.45) is 8.20. The highest BCUT2D eigenvalue weighted by molar-refractivity contribution is 7.98. The molecule has 0 aliphatic carbocycles. The number of piperazine rings is 1. The number of aromatic nitrogens is 3. The van der Waals surface area contributed by atoms with Crippen molar-refractivity contribution in [1.29, 1.82) is 5.26 Å². The van der Waals surface area contributed by atoms with E-state index in [-0.39, 0.29) is 5.75 Å². The van der Waals surface area contributed by atoms with Crippen molar-refractivity contribution in [2.24, 2.45) is 0 Å². The summed E-state index contributed by atoms with van der Waals surface area (Å²) in [6.45, 7) is 2.96. The Balaban J connectivity index is 1.18. The van der Waals surface area contributed by atoms with Crippen LogP contribution >= 0.6 is 11.8 Å². The predicted octanol–water partition coefficient (Wildman–Crippen LogP) is 4.16. The largest absolute Gasteiger partial charge is 0.506 e. The SMILES string of the molecule is CSc1ccc(CN2C3CC2CN(c2ccc(-c4cc(O)cn5ncc(C#N)c45)cn2)C3)cc1. The van der Waals surface area contributed by atoms with E-state index in [2.05, 4.69) is 51.5 Å². The molecule has 8 heteroatoms. The van der Waals surface area contributed by atoms with Gasteiger partial charge in [-0.05, 0) is 48.6 Å². The highest BCUT2D eigenvalue weighted by Gasteiger charge is 2.44. The van der Waals surface area contributed by atoms with Gasteiger partial charge in [0.25, 0.3) is 0 Å². The first-order valence-electron chi connectivity index (χ1n) is 11.3. The minimum absolute atomic E-state index is 0.0958. The Kier molecular flexibility index (Phi) is 5.16. The molecule has 7 nitrogen and oxygen atoms in total. The fourth-order valence-corrected chi connectivity index (χ4v) is 5.62. The summed E-state index contributed by atoms with van der Waals surface area (Å²) in [5, 5.41) is 23.8. The van der Waals surface area contributed by atoms with Gasteiger partial charge >= 0.3 is 0 Å². The van der Waals surface area contributed by atoms with Crippen LogP contribution in [0.25, 0.3) is 16.6 Å². The van der Waals surface area contributed by atoms with Crippen LogP contribution in [0.15, 0.2) is 66.0 Å². The molecule has 3 aliphatic heterocycles. The molecule has 1 aromatic carbocycles. The van der Waals surface area contributed by atoms with Gasteiger partial charge in [-0.15, -0.1) is 11.8 Å². The molecular formula is C26H24N6OS. The summed E-state index contributed by atoms with van der Waals surface area (Å²) in [6, 6.07) is 17.9. The molecule has 6 heterocycles. The van der Waals surface area contributed by atoms with Gasteiger partial charge in [0.05, 0.1) is 23.5 Å². The van der Waals surface area contributed by atoms with Gasteiger partial charge in [0, 0.05) is 53.9 Å². The normalized spacial score (nSPS) is 19.7. The van der Waals surface area contributed by atoms with E-state index < -0.39 is 0 Å². The predicted molar refractivity (Wildman–Crippen MR) is 133 cm³/mol. The Bertz CT molecular complexity index is 1380. The first-order chi connectivity index (χ1) is 16.6. The number of hydrogen-bond acceptors (Lipinski definition) is 7. The molecule has 2 unspecified atom stereocenters. The number of hydrogen-bond donors (Lipinski definition) is 1. The van der Waals surface area contributed by atoms with Gasteiger partial charge in [-0.3, -0.25) is 4.90 Å². The highest BCUT2D eigenvalue weighted by atomic mass is 32.2. The topological polar surface area (TPSA) is 80.7 Å². The highest BCUT2D eigenvalue weighted by Crippen LogP contribution is 2.36. The van der Waals surface area contributed by atoms with Crippen LogP contribution in [0.5, 0.6) is 5.75 Å². The standard InChI is InChI=1S/C26H24N6OS/c1-34-23-5-2-17(3-6-23)13-31-20-8-21(31)15-30(14-20)25-7-4-18(11-28-25)24-9-22(33)16-32-26(24)19(10-27)12-29-32/h2-7,9,11-12,16,20-21,33H,8,13-15H2,1H3. The van der Waals surface area contributed by atoms with E-state index in [1.807, 2.05) is 18.3 Å². The molecule has 3 saturated heterocycles. The number of benzene rings is 1. The molecule has 2 atom stereocenters. The second-order valence-corrected chi connectivity index (χ2v) is 9.83. The molecular weight excluding hydrogens is 444 g/mol. The van der Waals surface area contributed by atoms with Crippen LogP contribution in [0.1, 0.15) is 17.5 Å². The van der Waals surface area contributed by atoms with E-state index in [1.165, 1.54) is 29.3 Å². The summed E-state index contributed by atoms with van der Waals surface area (Å²) >= 11 is 1.78. The lowest BCUT2D eigenvalue weighted by atomic mass is 9.86. The Morgan fingerprint density at radius 2 is 1.91 bits per heavy atom. The van der Waals surface area contributed by atoms with E-state index in [0.29, 0.717) is 23.2 Å². The Hall–Kier alpha value is -3.54. The van der Waals surface area contributed by atoms with Crippen molar-refractivity contribution < 1.29 is 5.11 Å². The van der Waals surface area contributed by atoms with E-state index in [4.69, 9.17) is 4.98 Å². The summed E-state index contributed by atoms with van der Waals surface area (Å²) in [5.74, 6) is 1.06. The van der Waals surface area contributed by atoms with Gasteiger partial charge in [-0.1, -0.05) is 12.1 Å². The van der Waals surface area contributed by atoms with Crippen molar-refractivity contribution in [2.45, 2.75) is 29.9 Å². The van der Waals surface area contributed by atoms with Crippen LogP contribution in [-0.4, -0.2) is 56.0 Å². The third kappa shape index (κ3) is 3.58. The van der Waals surface area contributed by atoms with Crippen molar-refractivity contribution >= 4 is 23.1 Å². The zero-order chi connectivity index (χ0) is 23.2. The summed E-state index contributed by atoms with van der Waals surface area (Å²) < 4.78 is 1.54. The number of pyridine rings is 2. The van der Waals surface area contributed by atoms with Crippen LogP contribution in [0.3, 0.4) is 0 Å². The lowest BCUT2D eigenvalue weighted by Crippen LogP contribution is -2.68. The summed E-state index contributed by atoms with van der Waals surface area (Å²) in [7, 11) is 0. The van der Waals surface area contributed by atoms with Gasteiger partial charge in [0.1, 0.15) is 17.6 Å². The lowest BCUT2D eigenvalue weighted by Gasteiger charge is -2.56. The molecule has 0 radical (unpaired) electrons. The number of piperidine rings is 1. The molecule has 0 spiro atoms. The van der Waals surface area contributed by atoms with Crippen LogP contribution in [0, 0.1) is 11.3 Å². The molecule has 3 fully saturated rings. The van der Waals surface area contributed by atoms with Crippen molar-refractivity contribution in [3.05, 3.63) is 72.2 Å². The maximum Gasteiger partial charge on any atom is 0.134 e. The molecule has 4 aromatic rings. The van der Waals surface area contributed by atoms with Gasteiger partial charge in [0.15, 0.2) is 0 Å². The number of fused-ring (bicyclic) bond motifs is 3.